The Balaban J connectivity index is 1.80. The van der Waals surface area contributed by atoms with Crippen molar-refractivity contribution in [3.63, 3.8) is 0 Å². The molecule has 2 aromatic heterocycles. The van der Waals surface area contributed by atoms with Crippen molar-refractivity contribution in [3.05, 3.63) is 63.8 Å². The Hall–Kier alpha value is -6.22. The van der Waals surface area contributed by atoms with Crippen molar-refractivity contribution in [1.29, 1.82) is 0 Å². The molecule has 4 bridgehead atoms. The minimum absolute atomic E-state index is 0.0734. The van der Waals surface area contributed by atoms with Gasteiger partial charge >= 0.3 is 47.8 Å². The van der Waals surface area contributed by atoms with E-state index in [9.17, 15) is 48.3 Å². The van der Waals surface area contributed by atoms with E-state index >= 15 is 0 Å². The molecule has 21 heteroatoms. The molecule has 2 aliphatic carbocycles. The Morgan fingerprint density at radius 2 is 1.39 bits per heavy atom. The number of aliphatic hydroxyl groups is 1. The number of ether oxygens (including phenoxy) is 9. The summed E-state index contributed by atoms with van der Waals surface area (Å²) in [5, 5.41) is 13.7. The lowest BCUT2D eigenvalue weighted by Crippen LogP contribution is -2.89. The van der Waals surface area contributed by atoms with Crippen LogP contribution in [0.4, 0.5) is 0 Å². The van der Waals surface area contributed by atoms with Crippen molar-refractivity contribution in [1.82, 2.24) is 9.55 Å². The summed E-state index contributed by atoms with van der Waals surface area (Å²) in [6.07, 6.45) is -10.1. The quantitative estimate of drug-likeness (QED) is 0.286. The summed E-state index contributed by atoms with van der Waals surface area (Å²) in [5.74, 6) is -12.3. The van der Waals surface area contributed by atoms with Gasteiger partial charge in [0, 0.05) is 66.0 Å². The second-order valence-corrected chi connectivity index (χ2v) is 17.0. The lowest BCUT2D eigenvalue weighted by atomic mass is 9.45. The van der Waals surface area contributed by atoms with Gasteiger partial charge in [0.2, 0.25) is 5.56 Å². The largest absolute Gasteiger partial charge is 0.465 e. The number of carbonyl (C=O) groups excluding carboxylic acids is 8. The fourth-order valence-corrected chi connectivity index (χ4v) is 9.96. The molecule has 64 heavy (non-hydrogen) atoms. The molecule has 2 aromatic rings. The van der Waals surface area contributed by atoms with Gasteiger partial charge in [-0.05, 0) is 32.0 Å². The van der Waals surface area contributed by atoms with Crippen LogP contribution in [-0.2, 0) is 78.4 Å². The first-order valence-electron chi connectivity index (χ1n) is 20.3. The summed E-state index contributed by atoms with van der Waals surface area (Å²) in [7, 11) is 1.34. The number of rotatable bonds is 8. The molecule has 346 valence electrons. The molecule has 4 aliphatic rings. The van der Waals surface area contributed by atoms with Crippen molar-refractivity contribution in [2.24, 2.45) is 24.3 Å². The fourth-order valence-electron chi connectivity index (χ4n) is 9.96. The van der Waals surface area contributed by atoms with Crippen LogP contribution in [0.1, 0.15) is 94.6 Å². The van der Waals surface area contributed by atoms with Crippen LogP contribution in [0, 0.1) is 17.3 Å². The molecule has 2 saturated carbocycles. The lowest BCUT2D eigenvalue weighted by Gasteiger charge is -2.67. The molecule has 7 unspecified atom stereocenters. The molecule has 0 aromatic carbocycles. The van der Waals surface area contributed by atoms with E-state index in [-0.39, 0.29) is 16.8 Å². The highest BCUT2D eigenvalue weighted by Crippen LogP contribution is 2.70. The van der Waals surface area contributed by atoms with Gasteiger partial charge in [-0.3, -0.25) is 38.5 Å². The van der Waals surface area contributed by atoms with Gasteiger partial charge in [-0.2, -0.15) is 0 Å². The number of nitrogens with zero attached hydrogens (tertiary/aromatic N) is 2. The third-order valence-corrected chi connectivity index (χ3v) is 12.7. The van der Waals surface area contributed by atoms with E-state index in [0.29, 0.717) is 0 Å². The van der Waals surface area contributed by atoms with Crippen molar-refractivity contribution < 1.29 is 86.1 Å². The van der Waals surface area contributed by atoms with E-state index in [1.165, 1.54) is 39.2 Å². The van der Waals surface area contributed by atoms with Crippen LogP contribution < -0.4 is 5.56 Å². The number of esters is 8. The Kier molecular flexibility index (Phi) is 12.6. The molecule has 1 spiro atoms. The molecule has 21 nitrogen and oxygen atoms in total. The van der Waals surface area contributed by atoms with E-state index in [1.54, 1.807) is 6.92 Å². The molecule has 6 rings (SSSR count). The van der Waals surface area contributed by atoms with E-state index in [0.717, 1.165) is 64.4 Å². The molecule has 0 radical (unpaired) electrons. The molecule has 13 atom stereocenters. The molecule has 4 heterocycles. The number of carbonyl (C=O) groups is 8. The van der Waals surface area contributed by atoms with Crippen molar-refractivity contribution in [3.8, 4) is 0 Å². The van der Waals surface area contributed by atoms with Crippen LogP contribution in [0.5, 0.6) is 0 Å². The van der Waals surface area contributed by atoms with Crippen LogP contribution in [-0.4, -0.2) is 129 Å². The maximum Gasteiger partial charge on any atom is 0.340 e. The van der Waals surface area contributed by atoms with Gasteiger partial charge in [-0.1, -0.05) is 13.8 Å². The summed E-state index contributed by atoms with van der Waals surface area (Å²) >= 11 is 0. The summed E-state index contributed by atoms with van der Waals surface area (Å²) in [6, 6.07) is 5.03. The molecule has 2 aliphatic heterocycles. The second-order valence-electron chi connectivity index (χ2n) is 17.0. The lowest BCUT2D eigenvalue weighted by molar-refractivity contribution is -0.386. The zero-order chi connectivity index (χ0) is 47.4. The van der Waals surface area contributed by atoms with Crippen LogP contribution in [0.2, 0.25) is 0 Å². The Morgan fingerprint density at radius 1 is 0.797 bits per heavy atom. The van der Waals surface area contributed by atoms with Crippen LogP contribution in [0.15, 0.2) is 41.5 Å². The van der Waals surface area contributed by atoms with Crippen molar-refractivity contribution in [2.75, 3.05) is 13.2 Å². The number of aryl methyl sites for hydroxylation is 1. The maximum atomic E-state index is 14.7. The first-order chi connectivity index (χ1) is 29.8. The van der Waals surface area contributed by atoms with Gasteiger partial charge in [0.25, 0.3) is 0 Å². The SMILES string of the molecule is CC(=O)OCC12C(OC(C)=O)C(OC(C)=O)[C@@H]3[C@@H](OC(C)=O)[C@@]14OC3(C)COC(=O)c1cccnc1C(C)[C@@H](C)C(=O)O[C@@H](C(OC(=O)c1ccc(=O)n(C)c1)C2OC(C)=O)[C@]4(C)O. The van der Waals surface area contributed by atoms with Crippen LogP contribution >= 0.6 is 0 Å². The van der Waals surface area contributed by atoms with Gasteiger partial charge in [0.1, 0.15) is 42.0 Å². The molecule has 1 saturated heterocycles. The molecule has 1 N–H and O–H groups in total. The minimum atomic E-state index is -2.93. The van der Waals surface area contributed by atoms with Gasteiger partial charge in [-0.25, -0.2) is 9.59 Å². The number of cyclic esters (lactones) is 1. The van der Waals surface area contributed by atoms with Crippen molar-refractivity contribution >= 4 is 47.8 Å². The monoisotopic (exact) mass is 898 g/mol. The predicted octanol–water partition coefficient (Wildman–Crippen LogP) is 1.03. The summed E-state index contributed by atoms with van der Waals surface area (Å²) in [5.41, 5.74) is -11.3. The Morgan fingerprint density at radius 3 is 1.97 bits per heavy atom. The van der Waals surface area contributed by atoms with E-state index < -0.39 is 143 Å². The minimum Gasteiger partial charge on any atom is -0.465 e. The van der Waals surface area contributed by atoms with E-state index in [2.05, 4.69) is 4.98 Å². The standard InChI is InChI=1S/C43H50N2O19/c1-19-20(2)37(52)63-34-32(62-38(53)26-13-14-28(51)45(10)16-26)36(61-25(7)50)42(18-56-21(3)46)35(60-24(6)49)31(58-22(4)47)29-33(59-23(5)48)43(42,41(34,9)55)64-40(29,8)17-57-39(54)27-12-11-15-44-30(19)27/h11-16,19-20,29,31-36,55H,17-18H2,1-10H3/t19?,20-,29-,31?,32?,33-,34+,35?,36?,40?,41+,42?,43+/m1/s1. The fraction of sp³-hybridized carbons (Fsp3) is 0.581. The summed E-state index contributed by atoms with van der Waals surface area (Å²) in [6.45, 7) is 8.38. The average Bonchev–Trinajstić information content (AvgIpc) is 3.42. The van der Waals surface area contributed by atoms with E-state index in [1.807, 2.05) is 0 Å². The number of aromatic nitrogens is 2. The van der Waals surface area contributed by atoms with Gasteiger partial charge in [0.15, 0.2) is 30.0 Å². The average molecular weight is 899 g/mol. The number of hydrogen-bond donors (Lipinski definition) is 1. The number of hydrogen-bond acceptors (Lipinski definition) is 20. The molecule has 0 amide bonds. The predicted molar refractivity (Wildman–Crippen MR) is 210 cm³/mol. The van der Waals surface area contributed by atoms with Crippen LogP contribution in [0.25, 0.3) is 0 Å². The van der Waals surface area contributed by atoms with Crippen molar-refractivity contribution in [2.45, 2.75) is 122 Å². The van der Waals surface area contributed by atoms with Gasteiger partial charge in [-0.15, -0.1) is 0 Å². The molecular formula is C43H50N2O19. The number of pyridine rings is 2. The zero-order valence-corrected chi connectivity index (χ0v) is 36.8. The summed E-state index contributed by atoms with van der Waals surface area (Å²) in [4.78, 5) is 127. The maximum absolute atomic E-state index is 14.7. The highest BCUT2D eigenvalue weighted by Gasteiger charge is 2.92. The third-order valence-electron chi connectivity index (χ3n) is 12.7. The molecular weight excluding hydrogens is 848 g/mol. The molecule has 3 fully saturated rings. The second kappa shape index (κ2) is 17.1. The van der Waals surface area contributed by atoms with Crippen LogP contribution in [0.3, 0.4) is 0 Å². The summed E-state index contributed by atoms with van der Waals surface area (Å²) < 4.78 is 56.3. The number of fused-ring (bicyclic) bond motifs is 5. The highest BCUT2D eigenvalue weighted by atomic mass is 16.7. The highest BCUT2D eigenvalue weighted by molar-refractivity contribution is 5.91. The Bertz CT molecular complexity index is 2340. The smallest absolute Gasteiger partial charge is 0.340 e. The first-order valence-corrected chi connectivity index (χ1v) is 20.3. The zero-order valence-electron chi connectivity index (χ0n) is 36.8. The topological polar surface area (TPSA) is 275 Å². The first kappa shape index (κ1) is 47.3. The normalized spacial score (nSPS) is 35.3. The van der Waals surface area contributed by atoms with Gasteiger partial charge < -0.3 is 52.3 Å². The third kappa shape index (κ3) is 7.66. The van der Waals surface area contributed by atoms with E-state index in [4.69, 9.17) is 42.6 Å². The Labute approximate surface area is 365 Å². The van der Waals surface area contributed by atoms with Gasteiger partial charge in [0.05, 0.1) is 28.7 Å².